The zero-order valence-corrected chi connectivity index (χ0v) is 14.0. The normalized spacial score (nSPS) is 18.4. The first-order chi connectivity index (χ1) is 12.1. The van der Waals surface area contributed by atoms with Crippen LogP contribution in [-0.2, 0) is 22.7 Å². The highest BCUT2D eigenvalue weighted by atomic mass is 16.4. The Bertz CT molecular complexity index is 802. The highest BCUT2D eigenvalue weighted by Gasteiger charge is 2.38. The molecule has 1 aliphatic carbocycles. The number of carbonyl (C=O) groups excluding carboxylic acids is 1. The van der Waals surface area contributed by atoms with Gasteiger partial charge in [-0.3, -0.25) is 14.6 Å². The Balaban J connectivity index is 1.84. The van der Waals surface area contributed by atoms with Gasteiger partial charge < -0.3 is 10.0 Å². The molecule has 2 atom stereocenters. The van der Waals surface area contributed by atoms with Crippen LogP contribution in [0.15, 0.2) is 60.9 Å². The van der Waals surface area contributed by atoms with Crippen molar-refractivity contribution in [2.75, 3.05) is 0 Å². The number of carbonyl (C=O) groups is 2. The maximum atomic E-state index is 13.0. The van der Waals surface area contributed by atoms with Gasteiger partial charge >= 0.3 is 5.97 Å². The van der Waals surface area contributed by atoms with Crippen LogP contribution >= 0.6 is 0 Å². The third kappa shape index (κ3) is 3.76. The average Bonchev–Trinajstić information content (AvgIpc) is 2.55. The third-order valence-electron chi connectivity index (χ3n) is 4.51. The maximum absolute atomic E-state index is 13.0. The van der Waals surface area contributed by atoms with E-state index in [2.05, 4.69) is 4.98 Å². The summed E-state index contributed by atoms with van der Waals surface area (Å²) in [5, 5.41) is 9.23. The molecular formula is C20H20N2O3. The summed E-state index contributed by atoms with van der Waals surface area (Å²) in [5.74, 6) is -2.46. The van der Waals surface area contributed by atoms with Gasteiger partial charge in [-0.1, -0.05) is 42.5 Å². The molecule has 0 saturated heterocycles. The molecule has 5 heteroatoms. The number of hydrogen-bond donors (Lipinski definition) is 1. The summed E-state index contributed by atoms with van der Waals surface area (Å²) in [6, 6.07) is 11.6. The van der Waals surface area contributed by atoms with Crippen molar-refractivity contribution in [3.8, 4) is 0 Å². The highest BCUT2D eigenvalue weighted by Crippen LogP contribution is 2.29. The van der Waals surface area contributed by atoms with Crippen LogP contribution in [0.25, 0.3) is 0 Å². The van der Waals surface area contributed by atoms with Gasteiger partial charge in [0.15, 0.2) is 0 Å². The zero-order valence-electron chi connectivity index (χ0n) is 14.0. The molecule has 1 amide bonds. The number of rotatable bonds is 6. The molecule has 1 heterocycles. The van der Waals surface area contributed by atoms with Gasteiger partial charge in [-0.2, -0.15) is 0 Å². The Hall–Kier alpha value is -2.95. The number of hydrogen-bond acceptors (Lipinski definition) is 3. The Morgan fingerprint density at radius 2 is 1.84 bits per heavy atom. The largest absolute Gasteiger partial charge is 0.481 e. The van der Waals surface area contributed by atoms with Crippen molar-refractivity contribution in [3.05, 3.63) is 77.6 Å². The van der Waals surface area contributed by atoms with Gasteiger partial charge in [-0.25, -0.2) is 0 Å². The summed E-state index contributed by atoms with van der Waals surface area (Å²) >= 11 is 0. The second-order valence-corrected chi connectivity index (χ2v) is 6.26. The SMILES string of the molecule is Cc1ccccc1CN(Cc1cccnc1)C(=O)[C@@H]1C=C[C@@H]1C(=O)O. The van der Waals surface area contributed by atoms with Gasteiger partial charge in [0.25, 0.3) is 0 Å². The lowest BCUT2D eigenvalue weighted by Gasteiger charge is -2.32. The molecule has 0 bridgehead atoms. The molecule has 2 aromatic rings. The van der Waals surface area contributed by atoms with E-state index in [-0.39, 0.29) is 5.91 Å². The molecule has 1 aromatic carbocycles. The summed E-state index contributed by atoms with van der Waals surface area (Å²) in [6.07, 6.45) is 6.66. The lowest BCUT2D eigenvalue weighted by molar-refractivity contribution is -0.148. The van der Waals surface area contributed by atoms with Crippen LogP contribution in [0.1, 0.15) is 16.7 Å². The van der Waals surface area contributed by atoms with E-state index in [1.54, 1.807) is 29.4 Å². The summed E-state index contributed by atoms with van der Waals surface area (Å²) in [6.45, 7) is 2.85. The number of aliphatic carboxylic acids is 1. The van der Waals surface area contributed by atoms with Crippen molar-refractivity contribution in [3.63, 3.8) is 0 Å². The summed E-state index contributed by atoms with van der Waals surface area (Å²) in [5.41, 5.74) is 3.07. The molecule has 0 saturated carbocycles. The zero-order chi connectivity index (χ0) is 17.8. The van der Waals surface area contributed by atoms with Crippen molar-refractivity contribution < 1.29 is 14.7 Å². The predicted molar refractivity (Wildman–Crippen MR) is 93.4 cm³/mol. The molecule has 0 aliphatic heterocycles. The van der Waals surface area contributed by atoms with E-state index >= 15 is 0 Å². The molecule has 25 heavy (non-hydrogen) atoms. The van der Waals surface area contributed by atoms with E-state index in [0.717, 1.165) is 16.7 Å². The van der Waals surface area contributed by atoms with Crippen LogP contribution in [-0.4, -0.2) is 26.9 Å². The number of carboxylic acids is 1. The minimum Gasteiger partial charge on any atom is -0.481 e. The topological polar surface area (TPSA) is 70.5 Å². The van der Waals surface area contributed by atoms with Crippen LogP contribution in [0, 0.1) is 18.8 Å². The van der Waals surface area contributed by atoms with Crippen LogP contribution in [0.2, 0.25) is 0 Å². The highest BCUT2D eigenvalue weighted by molar-refractivity contribution is 5.89. The molecule has 1 N–H and O–H groups in total. The van der Waals surface area contributed by atoms with Gasteiger partial charge in [0, 0.05) is 25.5 Å². The Kier molecular flexibility index (Phi) is 4.93. The number of pyridine rings is 1. The number of nitrogens with zero attached hydrogens (tertiary/aromatic N) is 2. The van der Waals surface area contributed by atoms with Gasteiger partial charge in [-0.05, 0) is 29.7 Å². The molecule has 0 unspecified atom stereocenters. The molecule has 128 valence electrons. The molecule has 0 fully saturated rings. The summed E-state index contributed by atoms with van der Waals surface area (Å²) in [7, 11) is 0. The van der Waals surface area contributed by atoms with Crippen molar-refractivity contribution >= 4 is 11.9 Å². The number of aryl methyl sites for hydroxylation is 1. The van der Waals surface area contributed by atoms with Crippen LogP contribution in [0.5, 0.6) is 0 Å². The maximum Gasteiger partial charge on any atom is 0.311 e. The van der Waals surface area contributed by atoms with E-state index in [1.807, 2.05) is 43.3 Å². The van der Waals surface area contributed by atoms with Gasteiger partial charge in [0.2, 0.25) is 5.91 Å². The Morgan fingerprint density at radius 3 is 2.44 bits per heavy atom. The van der Waals surface area contributed by atoms with Gasteiger partial charge in [0.1, 0.15) is 0 Å². The second-order valence-electron chi connectivity index (χ2n) is 6.26. The molecule has 0 radical (unpaired) electrons. The van der Waals surface area contributed by atoms with Crippen molar-refractivity contribution in [1.29, 1.82) is 0 Å². The monoisotopic (exact) mass is 336 g/mol. The number of benzene rings is 1. The minimum atomic E-state index is -0.960. The van der Waals surface area contributed by atoms with E-state index < -0.39 is 17.8 Å². The molecule has 0 spiro atoms. The Labute approximate surface area is 146 Å². The van der Waals surface area contributed by atoms with Crippen LogP contribution < -0.4 is 0 Å². The fraction of sp³-hybridized carbons (Fsp3) is 0.250. The van der Waals surface area contributed by atoms with Crippen LogP contribution in [0.3, 0.4) is 0 Å². The number of amides is 1. The molecule has 1 aliphatic rings. The first-order valence-corrected chi connectivity index (χ1v) is 8.19. The molecular weight excluding hydrogens is 316 g/mol. The van der Waals surface area contributed by atoms with Gasteiger partial charge in [0.05, 0.1) is 11.8 Å². The lowest BCUT2D eigenvalue weighted by atomic mass is 9.81. The minimum absolute atomic E-state index is 0.165. The first kappa shape index (κ1) is 16.9. The Morgan fingerprint density at radius 1 is 1.08 bits per heavy atom. The fourth-order valence-corrected chi connectivity index (χ4v) is 2.93. The fourth-order valence-electron chi connectivity index (χ4n) is 2.93. The predicted octanol–water partition coefficient (Wildman–Crippen LogP) is 2.81. The second kappa shape index (κ2) is 7.30. The van der Waals surface area contributed by atoms with Crippen molar-refractivity contribution in [2.24, 2.45) is 11.8 Å². The standard InChI is InChI=1S/C20H20N2O3/c1-14-5-2-3-7-16(14)13-22(12-15-6-4-10-21-11-15)19(23)17-8-9-18(17)20(24)25/h2-11,17-18H,12-13H2,1H3,(H,24,25)/t17-,18+/m1/s1. The average molecular weight is 336 g/mol. The third-order valence-corrected chi connectivity index (χ3v) is 4.51. The van der Waals surface area contributed by atoms with Crippen molar-refractivity contribution in [2.45, 2.75) is 20.0 Å². The van der Waals surface area contributed by atoms with E-state index in [9.17, 15) is 14.7 Å². The van der Waals surface area contributed by atoms with Gasteiger partial charge in [-0.15, -0.1) is 0 Å². The van der Waals surface area contributed by atoms with E-state index in [4.69, 9.17) is 0 Å². The number of aromatic nitrogens is 1. The first-order valence-electron chi connectivity index (χ1n) is 8.19. The smallest absolute Gasteiger partial charge is 0.311 e. The molecule has 1 aromatic heterocycles. The van der Waals surface area contributed by atoms with Crippen LogP contribution in [0.4, 0.5) is 0 Å². The van der Waals surface area contributed by atoms with E-state index in [0.29, 0.717) is 13.1 Å². The number of carboxylic acid groups (broad SMARTS) is 1. The summed E-state index contributed by atoms with van der Waals surface area (Å²) < 4.78 is 0. The quantitative estimate of drug-likeness (QED) is 0.824. The molecule has 5 nitrogen and oxygen atoms in total. The summed E-state index contributed by atoms with van der Waals surface area (Å²) in [4.78, 5) is 30.0. The van der Waals surface area contributed by atoms with Crippen molar-refractivity contribution in [1.82, 2.24) is 9.88 Å². The van der Waals surface area contributed by atoms with E-state index in [1.165, 1.54) is 0 Å². The lowest BCUT2D eigenvalue weighted by Crippen LogP contribution is -2.42. The molecule has 3 rings (SSSR count).